The summed E-state index contributed by atoms with van der Waals surface area (Å²) in [7, 11) is 0. The Hall–Kier alpha value is -1.60. The van der Waals surface area contributed by atoms with Gasteiger partial charge in [-0.2, -0.15) is 0 Å². The molecule has 1 aromatic rings. The molecule has 0 bridgehead atoms. The Morgan fingerprint density at radius 2 is 2.05 bits per heavy atom. The molecule has 0 aromatic heterocycles. The molecule has 1 atom stereocenters. The van der Waals surface area contributed by atoms with Gasteiger partial charge < -0.3 is 21.5 Å². The van der Waals surface area contributed by atoms with Crippen LogP contribution in [0.5, 0.6) is 0 Å². The monoisotopic (exact) mass is 341 g/mol. The van der Waals surface area contributed by atoms with Gasteiger partial charge in [-0.25, -0.2) is 4.79 Å². The van der Waals surface area contributed by atoms with E-state index in [0.717, 1.165) is 35.0 Å². The maximum absolute atomic E-state index is 12.0. The van der Waals surface area contributed by atoms with Gasteiger partial charge in [0.2, 0.25) is 5.91 Å². The second-order valence-corrected chi connectivity index (χ2v) is 5.49. The Balaban J connectivity index is 2.16. The summed E-state index contributed by atoms with van der Waals surface area (Å²) in [6.45, 7) is -0.506. The molecule has 5 N–H and O–H groups in total. The minimum Gasteiger partial charge on any atom is -0.394 e. The van der Waals surface area contributed by atoms with Gasteiger partial charge in [0.05, 0.1) is 6.61 Å². The summed E-state index contributed by atoms with van der Waals surface area (Å²) in [5, 5.41) is 14.1. The molecule has 7 heteroatoms. The number of amides is 3. The van der Waals surface area contributed by atoms with Crippen LogP contribution in [-0.4, -0.2) is 29.7 Å². The van der Waals surface area contributed by atoms with Crippen molar-refractivity contribution in [3.8, 4) is 0 Å². The number of fused-ring (bicyclic) bond motifs is 1. The molecule has 20 heavy (non-hydrogen) atoms. The summed E-state index contributed by atoms with van der Waals surface area (Å²) < 4.78 is 1.04. The smallest absolute Gasteiger partial charge is 0.312 e. The van der Waals surface area contributed by atoms with Gasteiger partial charge in [-0.1, -0.05) is 15.9 Å². The van der Waals surface area contributed by atoms with Gasteiger partial charge in [0.1, 0.15) is 6.04 Å². The maximum Gasteiger partial charge on any atom is 0.312 e. The summed E-state index contributed by atoms with van der Waals surface area (Å²) in [4.78, 5) is 22.8. The highest BCUT2D eigenvalue weighted by Crippen LogP contribution is 2.34. The molecule has 1 aromatic carbocycles. The van der Waals surface area contributed by atoms with Crippen LogP contribution in [0.2, 0.25) is 0 Å². The zero-order valence-corrected chi connectivity index (χ0v) is 12.4. The minimum absolute atomic E-state index is 0.484. The Bertz CT molecular complexity index is 548. The molecule has 1 aliphatic carbocycles. The fourth-order valence-corrected chi connectivity index (χ4v) is 2.93. The van der Waals surface area contributed by atoms with E-state index in [1.165, 1.54) is 5.56 Å². The quantitative estimate of drug-likeness (QED) is 0.654. The third-order valence-corrected chi connectivity index (χ3v) is 4.04. The molecular formula is C13H16BrN3O3. The van der Waals surface area contributed by atoms with Crippen LogP contribution in [0.15, 0.2) is 16.6 Å². The van der Waals surface area contributed by atoms with Crippen LogP contribution in [0.1, 0.15) is 17.5 Å². The molecule has 0 aliphatic heterocycles. The van der Waals surface area contributed by atoms with E-state index in [9.17, 15) is 9.59 Å². The van der Waals surface area contributed by atoms with Crippen LogP contribution in [-0.2, 0) is 17.6 Å². The average Bonchev–Trinajstić information content (AvgIpc) is 2.89. The molecule has 2 rings (SSSR count). The van der Waals surface area contributed by atoms with Gasteiger partial charge in [-0.05, 0) is 42.5 Å². The number of primary amides is 1. The highest BCUT2D eigenvalue weighted by Gasteiger charge is 2.22. The van der Waals surface area contributed by atoms with Crippen LogP contribution in [0.4, 0.5) is 10.5 Å². The van der Waals surface area contributed by atoms with Gasteiger partial charge >= 0.3 is 6.03 Å². The molecule has 1 unspecified atom stereocenters. The predicted octanol–water partition coefficient (Wildman–Crippen LogP) is 0.906. The number of aliphatic hydroxyl groups excluding tert-OH is 1. The van der Waals surface area contributed by atoms with Crippen molar-refractivity contribution < 1.29 is 14.7 Å². The lowest BCUT2D eigenvalue weighted by molar-refractivity contribution is -0.118. The third-order valence-electron chi connectivity index (χ3n) is 3.30. The first kappa shape index (κ1) is 14.8. The number of nitrogens with one attached hydrogen (secondary N) is 2. The van der Waals surface area contributed by atoms with Gasteiger partial charge in [-0.3, -0.25) is 4.79 Å². The Labute approximate surface area is 124 Å². The number of carbonyl (C=O) groups is 2. The second kappa shape index (κ2) is 6.23. The largest absolute Gasteiger partial charge is 0.394 e. The summed E-state index contributed by atoms with van der Waals surface area (Å²) >= 11 is 3.50. The first-order chi connectivity index (χ1) is 9.52. The van der Waals surface area contributed by atoms with Crippen molar-refractivity contribution >= 4 is 33.6 Å². The fraction of sp³-hybridized carbons (Fsp3) is 0.385. The Kier molecular flexibility index (Phi) is 4.61. The van der Waals surface area contributed by atoms with Gasteiger partial charge in [0.25, 0.3) is 0 Å². The van der Waals surface area contributed by atoms with Crippen molar-refractivity contribution in [2.75, 3.05) is 11.9 Å². The van der Waals surface area contributed by atoms with E-state index in [2.05, 4.69) is 26.6 Å². The number of halogens is 1. The molecule has 108 valence electrons. The van der Waals surface area contributed by atoms with Crippen LogP contribution in [0.3, 0.4) is 0 Å². The number of nitrogens with two attached hydrogens (primary N) is 1. The van der Waals surface area contributed by atoms with E-state index in [1.54, 1.807) is 0 Å². The van der Waals surface area contributed by atoms with Crippen molar-refractivity contribution in [3.05, 3.63) is 27.7 Å². The highest BCUT2D eigenvalue weighted by molar-refractivity contribution is 9.10. The number of anilines is 1. The van der Waals surface area contributed by atoms with E-state index < -0.39 is 24.6 Å². The minimum atomic E-state index is -1.05. The highest BCUT2D eigenvalue weighted by atomic mass is 79.9. The molecule has 1 aliphatic rings. The molecule has 0 fully saturated rings. The zero-order chi connectivity index (χ0) is 14.7. The lowest BCUT2D eigenvalue weighted by atomic mass is 10.1. The fourth-order valence-electron chi connectivity index (χ4n) is 2.36. The number of urea groups is 1. The van der Waals surface area contributed by atoms with Crippen molar-refractivity contribution in [2.45, 2.75) is 25.3 Å². The van der Waals surface area contributed by atoms with Crippen molar-refractivity contribution in [3.63, 3.8) is 0 Å². The van der Waals surface area contributed by atoms with E-state index in [4.69, 9.17) is 10.8 Å². The molecule has 0 radical (unpaired) electrons. The Morgan fingerprint density at radius 3 is 2.70 bits per heavy atom. The van der Waals surface area contributed by atoms with Crippen LogP contribution >= 0.6 is 15.9 Å². The number of carbonyl (C=O) groups excluding carboxylic acids is 2. The van der Waals surface area contributed by atoms with Gasteiger partial charge in [0.15, 0.2) is 0 Å². The molecule has 0 saturated carbocycles. The first-order valence-electron chi connectivity index (χ1n) is 6.31. The zero-order valence-electron chi connectivity index (χ0n) is 10.8. The normalized spacial score (nSPS) is 14.5. The molecular weight excluding hydrogens is 326 g/mol. The number of hydrogen-bond acceptors (Lipinski definition) is 3. The topological polar surface area (TPSA) is 104 Å². The van der Waals surface area contributed by atoms with E-state index in [-0.39, 0.29) is 0 Å². The molecule has 0 saturated heterocycles. The summed E-state index contributed by atoms with van der Waals surface area (Å²) in [5.74, 6) is -0.484. The van der Waals surface area contributed by atoms with E-state index >= 15 is 0 Å². The van der Waals surface area contributed by atoms with E-state index in [0.29, 0.717) is 0 Å². The second-order valence-electron chi connectivity index (χ2n) is 4.64. The van der Waals surface area contributed by atoms with Crippen LogP contribution < -0.4 is 16.4 Å². The average molecular weight is 342 g/mol. The lowest BCUT2D eigenvalue weighted by Crippen LogP contribution is -2.48. The third kappa shape index (κ3) is 3.10. The van der Waals surface area contributed by atoms with Crippen molar-refractivity contribution in [2.24, 2.45) is 5.73 Å². The number of rotatable bonds is 4. The lowest BCUT2D eigenvalue weighted by Gasteiger charge is -2.17. The van der Waals surface area contributed by atoms with Crippen molar-refractivity contribution in [1.82, 2.24) is 5.32 Å². The standard InChI is InChI=1S/C13H16BrN3O3/c14-9-4-5-10(8-3-1-2-7(8)9)16-12(19)11(6-18)17-13(15)20/h4-5,11,18H,1-3,6H2,(H,16,19)(H3,15,17,20). The maximum atomic E-state index is 12.0. The summed E-state index contributed by atoms with van der Waals surface area (Å²) in [6, 6.07) is 1.80. The van der Waals surface area contributed by atoms with Gasteiger partial charge in [-0.15, -0.1) is 0 Å². The molecule has 0 heterocycles. The Morgan fingerprint density at radius 1 is 1.35 bits per heavy atom. The van der Waals surface area contributed by atoms with Crippen molar-refractivity contribution in [1.29, 1.82) is 0 Å². The predicted molar refractivity (Wildman–Crippen MR) is 78.4 cm³/mol. The SMILES string of the molecule is NC(=O)NC(CO)C(=O)Nc1ccc(Br)c2c1CCC2. The molecule has 6 nitrogen and oxygen atoms in total. The molecule has 0 spiro atoms. The number of benzene rings is 1. The molecule has 3 amide bonds. The summed E-state index contributed by atoms with van der Waals surface area (Å²) in [5.41, 5.74) is 7.98. The first-order valence-corrected chi connectivity index (χ1v) is 7.10. The van der Waals surface area contributed by atoms with E-state index in [1.807, 2.05) is 12.1 Å². The van der Waals surface area contributed by atoms with Gasteiger partial charge in [0, 0.05) is 10.2 Å². The number of aliphatic hydroxyl groups is 1. The van der Waals surface area contributed by atoms with Crippen LogP contribution in [0.25, 0.3) is 0 Å². The number of hydrogen-bond donors (Lipinski definition) is 4. The summed E-state index contributed by atoms with van der Waals surface area (Å²) in [6.07, 6.45) is 2.92. The van der Waals surface area contributed by atoms with Crippen LogP contribution in [0, 0.1) is 0 Å².